The van der Waals surface area contributed by atoms with E-state index in [1.54, 1.807) is 52.7 Å². The molecule has 0 unspecified atom stereocenters. The van der Waals surface area contributed by atoms with Crippen LogP contribution in [0.5, 0.6) is 46.0 Å². The summed E-state index contributed by atoms with van der Waals surface area (Å²) in [4.78, 5) is 113. The molecule has 0 aromatic heterocycles. The van der Waals surface area contributed by atoms with Crippen molar-refractivity contribution in [2.75, 3.05) is 162 Å². The maximum absolute atomic E-state index is 14.4. The summed E-state index contributed by atoms with van der Waals surface area (Å²) >= 11 is 0. The number of fused-ring (bicyclic) bond motifs is 8. The van der Waals surface area contributed by atoms with Crippen molar-refractivity contribution in [2.45, 2.75) is 25.7 Å². The normalized spacial score (nSPS) is 11.4. The predicted octanol–water partition coefficient (Wildman–Crippen LogP) is 17.7. The number of amides is 8. The van der Waals surface area contributed by atoms with E-state index in [1.165, 1.54) is 28.4 Å². The van der Waals surface area contributed by atoms with E-state index in [0.29, 0.717) is 68.2 Å². The highest BCUT2D eigenvalue weighted by Crippen LogP contribution is 2.53. The van der Waals surface area contributed by atoms with Gasteiger partial charge in [0.1, 0.15) is 46.0 Å². The first kappa shape index (κ1) is 102. The number of methoxy groups -OCH3 is 8. The average Bonchev–Trinajstić information content (AvgIpc) is 0.754. The zero-order valence-electron chi connectivity index (χ0n) is 82.2. The molecule has 0 radical (unpaired) electrons. The van der Waals surface area contributed by atoms with Gasteiger partial charge in [-0.05, 0) is 135 Å². The summed E-state index contributed by atoms with van der Waals surface area (Å²) in [6, 6.07) is 85.2. The number of benzene rings is 16. The summed E-state index contributed by atoms with van der Waals surface area (Å²) in [6.07, 6.45) is -0.576. The summed E-state index contributed by atoms with van der Waals surface area (Å²) in [5, 5.41) is 37.4. The second kappa shape index (κ2) is 48.4. The van der Waals surface area contributed by atoms with Gasteiger partial charge < -0.3 is 99.4 Å². The molecule has 0 spiro atoms. The summed E-state index contributed by atoms with van der Waals surface area (Å²) < 4.78 is 74.0. The van der Waals surface area contributed by atoms with Gasteiger partial charge in [-0.25, -0.2) is 0 Å². The molecule has 0 aliphatic rings. The maximum Gasteiger partial charge on any atom is 0.255 e. The van der Waals surface area contributed by atoms with Crippen molar-refractivity contribution in [3.63, 3.8) is 0 Å². The fraction of sp³-hybridized carbons (Fsp3) is 0.248. The van der Waals surface area contributed by atoms with Crippen molar-refractivity contribution in [1.29, 1.82) is 0 Å². The van der Waals surface area contributed by atoms with E-state index in [4.69, 9.17) is 56.8 Å². The average molecular weight is 1950 g/mol. The predicted molar refractivity (Wildman–Crippen MR) is 566 cm³/mol. The highest BCUT2D eigenvalue weighted by molar-refractivity contribution is 6.19. The van der Waals surface area contributed by atoms with Gasteiger partial charge in [0.2, 0.25) is 23.6 Å². The van der Waals surface area contributed by atoms with E-state index in [1.807, 2.05) is 243 Å². The Kier molecular flexibility index (Phi) is 33.9. The van der Waals surface area contributed by atoms with E-state index >= 15 is 0 Å². The third-order valence-corrected chi connectivity index (χ3v) is 25.7. The standard InChI is InChI=1S/C117H116N8O20/c1-134-93-45-41-73-25-9-17-33-81(73)101(93)105-85-37-21-13-29-77(85)65-89(109(105)138-5)113(130)122-57-53-118-97(126)49-61-142-69-117(70-143-62-50-98(127)119-54-58-123-114(131)90-66-78-30-14-22-38-86(78)106(110(90)139-6)102-82-34-18-10-26-74(82)42-46-94(102)135-2,71-144-63-51-99(128)120-55-59-124-115(132)91-67-79-31-15-23-39-87(79)107(111(91)140-7)103-83-35-19-11-27-75(83)43-47-95(103)136-3)72-145-64-52-100(129)121-56-60-125-116(133)92-68-80-32-16-24-40-88(80)108(112(92)141-8)104-84-36-20-12-28-76(84)44-48-96(104)137-4/h9-48,65-68H,49-64,69-72H2,1-8H3,(H,118,126)(H,119,127)(H,120,128)(H,121,129)(H,122,130)(H,123,131)(H,124,132)(H,125,133). The smallest absolute Gasteiger partial charge is 0.255 e. The zero-order chi connectivity index (χ0) is 101. The number of rotatable bonds is 48. The molecule has 8 N–H and O–H groups in total. The van der Waals surface area contributed by atoms with Gasteiger partial charge in [0.15, 0.2) is 0 Å². The Bertz CT molecular complexity index is 6640. The monoisotopic (exact) mass is 1950 g/mol. The van der Waals surface area contributed by atoms with E-state index in [-0.39, 0.29) is 153 Å². The lowest BCUT2D eigenvalue weighted by molar-refractivity contribution is -0.129. The molecule has 0 saturated carbocycles. The molecule has 8 amide bonds. The first-order chi connectivity index (χ1) is 70.9. The Hall–Kier alpha value is -16.4. The molecule has 0 saturated heterocycles. The van der Waals surface area contributed by atoms with Crippen LogP contribution < -0.4 is 80.4 Å². The molecule has 28 nitrogen and oxygen atoms in total. The van der Waals surface area contributed by atoms with Gasteiger partial charge in [-0.1, -0.05) is 218 Å². The Morgan fingerprint density at radius 3 is 0.579 bits per heavy atom. The molecule has 0 aliphatic heterocycles. The van der Waals surface area contributed by atoms with Crippen LogP contribution in [0, 0.1) is 5.41 Å². The fourth-order valence-electron chi connectivity index (χ4n) is 18.9. The third kappa shape index (κ3) is 23.0. The first-order valence-corrected chi connectivity index (χ1v) is 48.1. The molecule has 0 heterocycles. The number of ether oxygens (including phenoxy) is 12. The summed E-state index contributed by atoms with van der Waals surface area (Å²) in [5.74, 6) is 0.354. The molecule has 16 aromatic carbocycles. The molecule has 16 aromatic rings. The lowest BCUT2D eigenvalue weighted by atomic mass is 9.90. The Balaban J connectivity index is 0.596. The molecule has 0 fully saturated rings. The molecule has 0 aliphatic carbocycles. The van der Waals surface area contributed by atoms with Gasteiger partial charge in [0.05, 0.1) is 137 Å². The lowest BCUT2D eigenvalue weighted by Crippen LogP contribution is -2.43. The van der Waals surface area contributed by atoms with Gasteiger partial charge in [-0.2, -0.15) is 0 Å². The van der Waals surface area contributed by atoms with Gasteiger partial charge in [0.25, 0.3) is 23.6 Å². The highest BCUT2D eigenvalue weighted by atomic mass is 16.5. The number of carbonyl (C=O) groups excluding carboxylic acids is 8. The van der Waals surface area contributed by atoms with Gasteiger partial charge >= 0.3 is 0 Å². The fourth-order valence-corrected chi connectivity index (χ4v) is 18.9. The van der Waals surface area contributed by atoms with E-state index in [9.17, 15) is 38.4 Å². The van der Waals surface area contributed by atoms with Crippen molar-refractivity contribution in [3.8, 4) is 90.5 Å². The van der Waals surface area contributed by atoms with Crippen molar-refractivity contribution in [2.24, 2.45) is 5.41 Å². The topological polar surface area (TPSA) is 344 Å². The van der Waals surface area contributed by atoms with E-state index < -0.39 is 52.7 Å². The van der Waals surface area contributed by atoms with Crippen molar-refractivity contribution >= 4 is 133 Å². The molecular weight excluding hydrogens is 1840 g/mol. The quantitative estimate of drug-likeness (QED) is 0.0164. The SMILES string of the molecule is COc1ccc2ccccc2c1-c1c(OC)c(C(=O)NCCNC(=O)CCOCC(COCCC(=O)NCCNC(=O)c2cc3ccccc3c(-c3c(OC)ccc4ccccc34)c2OC)(COCCC(=O)NCCNC(=O)c2cc3ccccc3c(-c3c(OC)ccc4ccccc34)c2OC)COCCC(=O)NCCNC(=O)c2cc3ccccc3c(-c3c(OC)ccc4ccccc34)c2OC)cc2ccccc12. The summed E-state index contributed by atoms with van der Waals surface area (Å²) in [5.41, 5.74) is 5.58. The minimum absolute atomic E-state index is 0.0351. The van der Waals surface area contributed by atoms with Gasteiger partial charge in [-0.15, -0.1) is 0 Å². The van der Waals surface area contributed by atoms with Crippen LogP contribution in [0.2, 0.25) is 0 Å². The lowest BCUT2D eigenvalue weighted by Gasteiger charge is -2.33. The van der Waals surface area contributed by atoms with Crippen LogP contribution in [-0.2, 0) is 38.1 Å². The highest BCUT2D eigenvalue weighted by Gasteiger charge is 2.35. The summed E-state index contributed by atoms with van der Waals surface area (Å²) in [7, 11) is 12.5. The van der Waals surface area contributed by atoms with Crippen LogP contribution in [0.4, 0.5) is 0 Å². The van der Waals surface area contributed by atoms with E-state index in [0.717, 1.165) is 108 Å². The second-order valence-corrected chi connectivity index (χ2v) is 34.8. The molecule has 744 valence electrons. The largest absolute Gasteiger partial charge is 0.496 e. The van der Waals surface area contributed by atoms with E-state index in [2.05, 4.69) is 42.5 Å². The van der Waals surface area contributed by atoms with Crippen LogP contribution >= 0.6 is 0 Å². The first-order valence-electron chi connectivity index (χ1n) is 48.1. The van der Waals surface area contributed by atoms with Crippen molar-refractivity contribution < 1.29 is 95.2 Å². The van der Waals surface area contributed by atoms with Crippen LogP contribution in [0.3, 0.4) is 0 Å². The summed E-state index contributed by atoms with van der Waals surface area (Å²) in [6.45, 7) is -0.991. The van der Waals surface area contributed by atoms with Crippen LogP contribution in [0.1, 0.15) is 67.1 Å². The molecular formula is C117H116N8O20. The molecule has 0 bridgehead atoms. The van der Waals surface area contributed by atoms with Crippen LogP contribution in [-0.4, -0.2) is 209 Å². The molecule has 16 rings (SSSR count). The van der Waals surface area contributed by atoms with Gasteiger partial charge in [0, 0.05) is 123 Å². The number of nitrogens with one attached hydrogen (secondary N) is 8. The molecule has 28 heteroatoms. The number of hydrogen-bond acceptors (Lipinski definition) is 20. The zero-order valence-corrected chi connectivity index (χ0v) is 82.2. The number of carbonyl (C=O) groups is 8. The minimum atomic E-state index is -1.27. The molecule has 0 atom stereocenters. The van der Waals surface area contributed by atoms with Crippen LogP contribution in [0.25, 0.3) is 131 Å². The van der Waals surface area contributed by atoms with Gasteiger partial charge in [-0.3, -0.25) is 38.4 Å². The minimum Gasteiger partial charge on any atom is -0.496 e. The van der Waals surface area contributed by atoms with Crippen molar-refractivity contribution in [3.05, 3.63) is 289 Å². The van der Waals surface area contributed by atoms with Crippen molar-refractivity contribution in [1.82, 2.24) is 42.5 Å². The Morgan fingerprint density at radius 2 is 0.386 bits per heavy atom. The third-order valence-electron chi connectivity index (χ3n) is 25.7. The Labute approximate surface area is 839 Å². The second-order valence-electron chi connectivity index (χ2n) is 34.8. The van der Waals surface area contributed by atoms with Crippen LogP contribution in [0.15, 0.2) is 267 Å². The number of hydrogen-bond donors (Lipinski definition) is 8. The maximum atomic E-state index is 14.4. The Morgan fingerprint density at radius 1 is 0.207 bits per heavy atom. The molecule has 145 heavy (non-hydrogen) atoms.